The van der Waals surface area contributed by atoms with Crippen LogP contribution >= 0.6 is 0 Å². The van der Waals surface area contributed by atoms with Crippen molar-refractivity contribution >= 4 is 0 Å². The minimum atomic E-state index is -0.871. The van der Waals surface area contributed by atoms with E-state index in [1.807, 2.05) is 6.07 Å². The van der Waals surface area contributed by atoms with Crippen LogP contribution in [0.15, 0.2) is 24.3 Å². The Bertz CT molecular complexity index is 432. The van der Waals surface area contributed by atoms with Gasteiger partial charge in [-0.05, 0) is 43.9 Å². The van der Waals surface area contributed by atoms with E-state index in [0.717, 1.165) is 0 Å². The van der Waals surface area contributed by atoms with Crippen LogP contribution in [0.1, 0.15) is 31.7 Å². The van der Waals surface area contributed by atoms with Gasteiger partial charge in [0.15, 0.2) is 0 Å². The molecule has 3 rings (SSSR count). The third kappa shape index (κ3) is 1.98. The number of nitrogens with zero attached hydrogens (tertiary/aromatic N) is 1. The van der Waals surface area contributed by atoms with Gasteiger partial charge in [0.2, 0.25) is 0 Å². The lowest BCUT2D eigenvalue weighted by Crippen LogP contribution is -2.33. The lowest BCUT2D eigenvalue weighted by atomic mass is 9.91. The average Bonchev–Trinajstić information content (AvgIpc) is 3.06. The molecule has 3 heteroatoms. The highest BCUT2D eigenvalue weighted by molar-refractivity contribution is 5.26. The van der Waals surface area contributed by atoms with Crippen LogP contribution < -0.4 is 0 Å². The first-order chi connectivity index (χ1) is 8.08. The Balaban J connectivity index is 1.87. The Labute approximate surface area is 101 Å². The SMILES string of the molecule is CC1CC(O)(c2cccc(F)c2)CN1C1CC1. The fourth-order valence-electron chi connectivity index (χ4n) is 3.01. The average molecular weight is 235 g/mol. The van der Waals surface area contributed by atoms with Crippen molar-refractivity contribution in [3.8, 4) is 0 Å². The van der Waals surface area contributed by atoms with E-state index >= 15 is 0 Å². The van der Waals surface area contributed by atoms with Gasteiger partial charge in [0.05, 0.1) is 0 Å². The highest BCUT2D eigenvalue weighted by atomic mass is 19.1. The summed E-state index contributed by atoms with van der Waals surface area (Å²) in [7, 11) is 0. The zero-order valence-electron chi connectivity index (χ0n) is 10.1. The maximum Gasteiger partial charge on any atom is 0.123 e. The lowest BCUT2D eigenvalue weighted by Gasteiger charge is -2.24. The predicted molar refractivity (Wildman–Crippen MR) is 64.1 cm³/mol. The first-order valence-corrected chi connectivity index (χ1v) is 6.33. The second kappa shape index (κ2) is 3.79. The van der Waals surface area contributed by atoms with Gasteiger partial charge >= 0.3 is 0 Å². The summed E-state index contributed by atoms with van der Waals surface area (Å²) in [5.74, 6) is -0.270. The Morgan fingerprint density at radius 1 is 1.41 bits per heavy atom. The van der Waals surface area contributed by atoms with Gasteiger partial charge in [0.1, 0.15) is 11.4 Å². The zero-order valence-corrected chi connectivity index (χ0v) is 10.1. The molecule has 0 radical (unpaired) electrons. The molecule has 1 aromatic carbocycles. The second-order valence-corrected chi connectivity index (χ2v) is 5.50. The number of likely N-dealkylation sites (tertiary alicyclic amines) is 1. The molecule has 1 N–H and O–H groups in total. The van der Waals surface area contributed by atoms with Gasteiger partial charge in [-0.3, -0.25) is 4.90 Å². The summed E-state index contributed by atoms with van der Waals surface area (Å²) >= 11 is 0. The number of hydrogen-bond donors (Lipinski definition) is 1. The third-order valence-electron chi connectivity index (χ3n) is 4.02. The van der Waals surface area contributed by atoms with Gasteiger partial charge in [-0.25, -0.2) is 4.39 Å². The molecule has 92 valence electrons. The Kier molecular flexibility index (Phi) is 2.49. The summed E-state index contributed by atoms with van der Waals surface area (Å²) in [6.45, 7) is 2.79. The van der Waals surface area contributed by atoms with Crippen molar-refractivity contribution in [2.75, 3.05) is 6.54 Å². The molecular formula is C14H18FNO. The van der Waals surface area contributed by atoms with Crippen molar-refractivity contribution in [3.05, 3.63) is 35.6 Å². The fourth-order valence-corrected chi connectivity index (χ4v) is 3.01. The van der Waals surface area contributed by atoms with Crippen molar-refractivity contribution in [2.24, 2.45) is 0 Å². The second-order valence-electron chi connectivity index (χ2n) is 5.50. The van der Waals surface area contributed by atoms with Crippen LogP contribution in [-0.2, 0) is 5.60 Å². The van der Waals surface area contributed by atoms with E-state index in [1.54, 1.807) is 6.07 Å². The van der Waals surface area contributed by atoms with Crippen LogP contribution in [0, 0.1) is 5.82 Å². The first-order valence-electron chi connectivity index (χ1n) is 6.33. The molecule has 1 saturated carbocycles. The minimum Gasteiger partial charge on any atom is -0.384 e. The van der Waals surface area contributed by atoms with Crippen LogP contribution in [-0.4, -0.2) is 28.6 Å². The Morgan fingerprint density at radius 3 is 2.82 bits per heavy atom. The topological polar surface area (TPSA) is 23.5 Å². The lowest BCUT2D eigenvalue weighted by molar-refractivity contribution is 0.0448. The largest absolute Gasteiger partial charge is 0.384 e. The fraction of sp³-hybridized carbons (Fsp3) is 0.571. The highest BCUT2D eigenvalue weighted by Crippen LogP contribution is 2.41. The molecule has 1 aromatic rings. The summed E-state index contributed by atoms with van der Waals surface area (Å²) in [5, 5.41) is 10.7. The molecule has 17 heavy (non-hydrogen) atoms. The standard InChI is InChI=1S/C14H18FNO/c1-10-8-14(17,9-16(10)13-5-6-13)11-3-2-4-12(15)7-11/h2-4,7,10,13,17H,5-6,8-9H2,1H3. The minimum absolute atomic E-state index is 0.270. The van der Waals surface area contributed by atoms with E-state index in [4.69, 9.17) is 0 Å². The summed E-state index contributed by atoms with van der Waals surface area (Å²) in [5.41, 5.74) is -0.156. The van der Waals surface area contributed by atoms with Crippen molar-refractivity contribution in [3.63, 3.8) is 0 Å². The highest BCUT2D eigenvalue weighted by Gasteiger charge is 2.46. The van der Waals surface area contributed by atoms with Crippen LogP contribution in [0.4, 0.5) is 4.39 Å². The van der Waals surface area contributed by atoms with Gasteiger partial charge in [0, 0.05) is 18.6 Å². The number of β-amino-alcohol motifs (C(OH)–C–C–N with tert-alkyl or cyclic N) is 1. The first kappa shape index (κ1) is 11.2. The van der Waals surface area contributed by atoms with Gasteiger partial charge in [-0.1, -0.05) is 12.1 Å². The van der Waals surface area contributed by atoms with Crippen molar-refractivity contribution in [1.29, 1.82) is 0 Å². The van der Waals surface area contributed by atoms with Crippen LogP contribution in [0.25, 0.3) is 0 Å². The van der Waals surface area contributed by atoms with Crippen molar-refractivity contribution < 1.29 is 9.50 Å². The summed E-state index contributed by atoms with van der Waals surface area (Å²) in [4.78, 5) is 2.37. The quantitative estimate of drug-likeness (QED) is 0.850. The number of rotatable bonds is 2. The maximum atomic E-state index is 13.2. The van der Waals surface area contributed by atoms with Gasteiger partial charge in [0.25, 0.3) is 0 Å². The maximum absolute atomic E-state index is 13.2. The van der Waals surface area contributed by atoms with E-state index in [9.17, 15) is 9.50 Å². The van der Waals surface area contributed by atoms with E-state index in [1.165, 1.54) is 25.0 Å². The number of benzene rings is 1. The van der Waals surface area contributed by atoms with Crippen LogP contribution in [0.2, 0.25) is 0 Å². The van der Waals surface area contributed by atoms with Crippen molar-refractivity contribution in [1.82, 2.24) is 4.90 Å². The number of halogens is 1. The van der Waals surface area contributed by atoms with Crippen molar-refractivity contribution in [2.45, 2.75) is 43.9 Å². The molecule has 2 nitrogen and oxygen atoms in total. The normalized spacial score (nSPS) is 34.2. The molecule has 1 aliphatic carbocycles. The molecule has 2 atom stereocenters. The molecule has 0 aromatic heterocycles. The van der Waals surface area contributed by atoms with E-state index < -0.39 is 5.60 Å². The monoisotopic (exact) mass is 235 g/mol. The Morgan fingerprint density at radius 2 is 2.18 bits per heavy atom. The molecule has 2 aliphatic rings. The van der Waals surface area contributed by atoms with Crippen LogP contribution in [0.3, 0.4) is 0 Å². The molecule has 2 unspecified atom stereocenters. The molecule has 0 bridgehead atoms. The number of aliphatic hydroxyl groups is 1. The molecular weight excluding hydrogens is 217 g/mol. The molecule has 1 aliphatic heterocycles. The Hall–Kier alpha value is -0.930. The molecule has 1 heterocycles. The van der Waals surface area contributed by atoms with Gasteiger partial charge in [-0.2, -0.15) is 0 Å². The van der Waals surface area contributed by atoms with Gasteiger partial charge < -0.3 is 5.11 Å². The van der Waals surface area contributed by atoms with Gasteiger partial charge in [-0.15, -0.1) is 0 Å². The summed E-state index contributed by atoms with van der Waals surface area (Å²) in [6, 6.07) is 7.41. The molecule has 0 spiro atoms. The number of hydrogen-bond acceptors (Lipinski definition) is 2. The van der Waals surface area contributed by atoms with E-state index in [-0.39, 0.29) is 5.82 Å². The zero-order chi connectivity index (χ0) is 12.0. The molecule has 1 saturated heterocycles. The molecule has 0 amide bonds. The molecule has 2 fully saturated rings. The smallest absolute Gasteiger partial charge is 0.123 e. The van der Waals surface area contributed by atoms with Crippen LogP contribution in [0.5, 0.6) is 0 Å². The summed E-state index contributed by atoms with van der Waals surface area (Å²) < 4.78 is 13.2. The third-order valence-corrected chi connectivity index (χ3v) is 4.02. The van der Waals surface area contributed by atoms with E-state index in [2.05, 4.69) is 11.8 Å². The predicted octanol–water partition coefficient (Wildman–Crippen LogP) is 2.27. The van der Waals surface area contributed by atoms with E-state index in [0.29, 0.717) is 30.6 Å². The summed E-state index contributed by atoms with van der Waals surface area (Å²) in [6.07, 6.45) is 3.18.